The van der Waals surface area contributed by atoms with Crippen molar-refractivity contribution >= 4 is 11.0 Å². The van der Waals surface area contributed by atoms with Gasteiger partial charge in [-0.25, -0.2) is 4.79 Å². The normalized spacial score (nSPS) is 12.2. The fourth-order valence-corrected chi connectivity index (χ4v) is 2.74. The largest absolute Gasteiger partial charge is 0.422 e. The van der Waals surface area contributed by atoms with E-state index in [1.54, 1.807) is 0 Å². The standard InChI is InChI=1S/C18H24O2/c1-10-8-14-11(2)12(3)17(19)20-16(14)13(4)15(10)9-18(5,6)7/h8H,9H2,1-7H3. The second kappa shape index (κ2) is 4.76. The molecule has 0 saturated heterocycles. The van der Waals surface area contributed by atoms with Gasteiger partial charge >= 0.3 is 5.63 Å². The highest BCUT2D eigenvalue weighted by molar-refractivity contribution is 5.85. The monoisotopic (exact) mass is 272 g/mol. The van der Waals surface area contributed by atoms with Gasteiger partial charge in [0.25, 0.3) is 0 Å². The minimum Gasteiger partial charge on any atom is -0.422 e. The maximum absolute atomic E-state index is 11.9. The molecule has 0 fully saturated rings. The van der Waals surface area contributed by atoms with Crippen LogP contribution < -0.4 is 5.63 Å². The van der Waals surface area contributed by atoms with Crippen molar-refractivity contribution in [2.24, 2.45) is 5.41 Å². The average Bonchev–Trinajstić information content (AvgIpc) is 2.33. The van der Waals surface area contributed by atoms with Gasteiger partial charge in [0, 0.05) is 10.9 Å². The molecule has 0 amide bonds. The summed E-state index contributed by atoms with van der Waals surface area (Å²) in [7, 11) is 0. The van der Waals surface area contributed by atoms with Gasteiger partial charge in [-0.15, -0.1) is 0 Å². The summed E-state index contributed by atoms with van der Waals surface area (Å²) in [4.78, 5) is 11.9. The van der Waals surface area contributed by atoms with Gasteiger partial charge in [0.15, 0.2) is 0 Å². The number of rotatable bonds is 1. The van der Waals surface area contributed by atoms with Crippen molar-refractivity contribution in [3.05, 3.63) is 44.3 Å². The predicted molar refractivity (Wildman–Crippen MR) is 84.6 cm³/mol. The van der Waals surface area contributed by atoms with Crippen LogP contribution in [0.4, 0.5) is 0 Å². The van der Waals surface area contributed by atoms with E-state index in [0.29, 0.717) is 5.56 Å². The molecule has 1 heterocycles. The van der Waals surface area contributed by atoms with Crippen LogP contribution in [0.1, 0.15) is 48.6 Å². The molecule has 0 bridgehead atoms. The highest BCUT2D eigenvalue weighted by Gasteiger charge is 2.19. The first kappa shape index (κ1) is 14.8. The third-order valence-electron chi connectivity index (χ3n) is 4.05. The number of benzene rings is 1. The summed E-state index contributed by atoms with van der Waals surface area (Å²) >= 11 is 0. The van der Waals surface area contributed by atoms with Crippen LogP contribution in [0, 0.1) is 33.1 Å². The van der Waals surface area contributed by atoms with Crippen molar-refractivity contribution in [1.82, 2.24) is 0 Å². The van der Waals surface area contributed by atoms with Crippen LogP contribution in [-0.2, 0) is 6.42 Å². The van der Waals surface area contributed by atoms with E-state index < -0.39 is 0 Å². The Labute approximate surface area is 120 Å². The molecule has 2 heteroatoms. The molecule has 1 aromatic carbocycles. The number of aryl methyl sites for hydroxylation is 3. The van der Waals surface area contributed by atoms with Crippen LogP contribution in [0.2, 0.25) is 0 Å². The van der Waals surface area contributed by atoms with Crippen molar-refractivity contribution < 1.29 is 4.42 Å². The topological polar surface area (TPSA) is 30.2 Å². The molecule has 0 spiro atoms. The molecule has 2 nitrogen and oxygen atoms in total. The Balaban J connectivity index is 2.83. The molecule has 2 rings (SSSR count). The van der Waals surface area contributed by atoms with Crippen LogP contribution >= 0.6 is 0 Å². The molecular formula is C18H24O2. The van der Waals surface area contributed by atoms with Gasteiger partial charge in [0.05, 0.1) is 0 Å². The fraction of sp³-hybridized carbons (Fsp3) is 0.500. The summed E-state index contributed by atoms with van der Waals surface area (Å²) in [6.07, 6.45) is 0.983. The van der Waals surface area contributed by atoms with E-state index in [2.05, 4.69) is 40.7 Å². The van der Waals surface area contributed by atoms with Crippen molar-refractivity contribution in [2.75, 3.05) is 0 Å². The second-order valence-corrected chi connectivity index (χ2v) is 7.05. The Bertz CT molecular complexity index is 728. The van der Waals surface area contributed by atoms with Gasteiger partial charge in [-0.3, -0.25) is 0 Å². The van der Waals surface area contributed by atoms with Gasteiger partial charge < -0.3 is 4.42 Å². The Morgan fingerprint density at radius 3 is 2.15 bits per heavy atom. The molecule has 0 N–H and O–H groups in total. The quantitative estimate of drug-likeness (QED) is 0.709. The molecule has 2 aromatic rings. The number of hydrogen-bond acceptors (Lipinski definition) is 2. The zero-order chi connectivity index (χ0) is 15.2. The van der Waals surface area contributed by atoms with Crippen LogP contribution in [0.5, 0.6) is 0 Å². The Hall–Kier alpha value is -1.57. The first-order chi connectivity index (χ1) is 9.11. The minimum absolute atomic E-state index is 0.212. The molecule has 0 aliphatic carbocycles. The maximum atomic E-state index is 11.9. The number of hydrogen-bond donors (Lipinski definition) is 0. The van der Waals surface area contributed by atoms with Gasteiger partial charge in [-0.05, 0) is 67.9 Å². The van der Waals surface area contributed by atoms with Crippen LogP contribution in [0.25, 0.3) is 11.0 Å². The maximum Gasteiger partial charge on any atom is 0.339 e. The molecule has 1 aromatic heterocycles. The molecule has 0 radical (unpaired) electrons. The van der Waals surface area contributed by atoms with E-state index in [9.17, 15) is 4.79 Å². The summed E-state index contributed by atoms with van der Waals surface area (Å²) in [6.45, 7) is 14.7. The van der Waals surface area contributed by atoms with Crippen LogP contribution in [0.3, 0.4) is 0 Å². The highest BCUT2D eigenvalue weighted by Crippen LogP contribution is 2.31. The average molecular weight is 272 g/mol. The lowest BCUT2D eigenvalue weighted by atomic mass is 9.83. The first-order valence-electron chi connectivity index (χ1n) is 7.15. The van der Waals surface area contributed by atoms with Gasteiger partial charge in [0.2, 0.25) is 0 Å². The summed E-state index contributed by atoms with van der Waals surface area (Å²) in [6, 6.07) is 2.16. The van der Waals surface area contributed by atoms with Gasteiger partial charge in [0.1, 0.15) is 5.58 Å². The van der Waals surface area contributed by atoms with E-state index in [4.69, 9.17) is 4.42 Å². The van der Waals surface area contributed by atoms with E-state index in [-0.39, 0.29) is 11.0 Å². The third kappa shape index (κ3) is 2.52. The Morgan fingerprint density at radius 1 is 1.00 bits per heavy atom. The molecule has 20 heavy (non-hydrogen) atoms. The Kier molecular flexibility index (Phi) is 3.53. The zero-order valence-corrected chi connectivity index (χ0v) is 13.6. The summed E-state index contributed by atoms with van der Waals surface area (Å²) in [5.74, 6) is 0. The fourth-order valence-electron chi connectivity index (χ4n) is 2.74. The third-order valence-corrected chi connectivity index (χ3v) is 4.05. The molecule has 0 saturated carbocycles. The van der Waals surface area contributed by atoms with Gasteiger partial charge in [-0.2, -0.15) is 0 Å². The van der Waals surface area contributed by atoms with E-state index >= 15 is 0 Å². The highest BCUT2D eigenvalue weighted by atomic mass is 16.4. The molecule has 108 valence electrons. The molecular weight excluding hydrogens is 248 g/mol. The summed E-state index contributed by atoms with van der Waals surface area (Å²) < 4.78 is 5.56. The van der Waals surface area contributed by atoms with E-state index in [1.165, 1.54) is 11.1 Å². The lowest BCUT2D eigenvalue weighted by Crippen LogP contribution is -2.13. The lowest BCUT2D eigenvalue weighted by molar-refractivity contribution is 0.409. The smallest absolute Gasteiger partial charge is 0.339 e. The van der Waals surface area contributed by atoms with E-state index in [0.717, 1.165) is 28.5 Å². The summed E-state index contributed by atoms with van der Waals surface area (Å²) in [5, 5.41) is 1.06. The minimum atomic E-state index is -0.219. The Morgan fingerprint density at radius 2 is 1.60 bits per heavy atom. The predicted octanol–water partition coefficient (Wildman–Crippen LogP) is 4.62. The van der Waals surface area contributed by atoms with Crippen LogP contribution in [-0.4, -0.2) is 0 Å². The molecule has 0 unspecified atom stereocenters. The second-order valence-electron chi connectivity index (χ2n) is 7.05. The van der Waals surface area contributed by atoms with Gasteiger partial charge in [-0.1, -0.05) is 20.8 Å². The molecule has 0 aliphatic rings. The van der Waals surface area contributed by atoms with Crippen molar-refractivity contribution in [2.45, 2.75) is 54.9 Å². The summed E-state index contributed by atoms with van der Waals surface area (Å²) in [5.41, 5.74) is 6.17. The first-order valence-corrected chi connectivity index (χ1v) is 7.15. The SMILES string of the molecule is Cc1cc2c(C)c(C)c(=O)oc2c(C)c1CC(C)(C)C. The van der Waals surface area contributed by atoms with Crippen molar-refractivity contribution in [1.29, 1.82) is 0 Å². The van der Waals surface area contributed by atoms with Crippen LogP contribution in [0.15, 0.2) is 15.3 Å². The van der Waals surface area contributed by atoms with E-state index in [1.807, 2.05) is 13.8 Å². The zero-order valence-electron chi connectivity index (χ0n) is 13.6. The lowest BCUT2D eigenvalue weighted by Gasteiger charge is -2.22. The van der Waals surface area contributed by atoms with Crippen molar-refractivity contribution in [3.63, 3.8) is 0 Å². The number of fused-ring (bicyclic) bond motifs is 1. The molecule has 0 atom stereocenters. The molecule has 0 aliphatic heterocycles. The van der Waals surface area contributed by atoms with Crippen molar-refractivity contribution in [3.8, 4) is 0 Å².